The van der Waals surface area contributed by atoms with Gasteiger partial charge in [-0.1, -0.05) is 182 Å². The molecule has 10 aromatic rings. The Morgan fingerprint density at radius 1 is 0.345 bits per heavy atom. The number of hydrogen-bond donors (Lipinski definition) is 0. The van der Waals surface area contributed by atoms with Crippen LogP contribution < -0.4 is 4.90 Å². The summed E-state index contributed by atoms with van der Waals surface area (Å²) in [6, 6.07) is 76.8. The van der Waals surface area contributed by atoms with Gasteiger partial charge in [0.2, 0.25) is 0 Å². The van der Waals surface area contributed by atoms with E-state index in [0.29, 0.717) is 0 Å². The van der Waals surface area contributed by atoms with E-state index in [1.54, 1.807) is 0 Å². The van der Waals surface area contributed by atoms with E-state index in [1.165, 1.54) is 44.2 Å². The lowest BCUT2D eigenvalue weighted by atomic mass is 9.66. The Hall–Kier alpha value is -7.16. The molecule has 0 unspecified atom stereocenters. The van der Waals surface area contributed by atoms with Crippen molar-refractivity contribution in [1.82, 2.24) is 0 Å². The van der Waals surface area contributed by atoms with Crippen molar-refractivity contribution in [1.29, 1.82) is 0 Å². The van der Waals surface area contributed by atoms with Gasteiger partial charge in [-0.05, 0) is 80.0 Å². The number of rotatable bonds is 6. The van der Waals surface area contributed by atoms with Crippen LogP contribution in [0.3, 0.4) is 0 Å². The van der Waals surface area contributed by atoms with Crippen molar-refractivity contribution in [3.8, 4) is 22.3 Å². The molecular weight excluding hydrogens is 667 g/mol. The van der Waals surface area contributed by atoms with Gasteiger partial charge in [0.1, 0.15) is 5.58 Å². The smallest absolute Gasteiger partial charge is 0.159 e. The Morgan fingerprint density at radius 3 is 1.60 bits per heavy atom. The minimum atomic E-state index is -0.517. The quantitative estimate of drug-likeness (QED) is 0.172. The van der Waals surface area contributed by atoms with Crippen LogP contribution >= 0.6 is 0 Å². The molecule has 1 heterocycles. The van der Waals surface area contributed by atoms with Gasteiger partial charge in [0.15, 0.2) is 5.58 Å². The van der Waals surface area contributed by atoms with Crippen molar-refractivity contribution >= 4 is 49.8 Å². The predicted molar refractivity (Wildman–Crippen MR) is 229 cm³/mol. The third-order valence-corrected chi connectivity index (χ3v) is 11.5. The van der Waals surface area contributed by atoms with Gasteiger partial charge in [0.05, 0.1) is 11.1 Å². The highest BCUT2D eigenvalue weighted by Gasteiger charge is 2.46. The zero-order valence-corrected chi connectivity index (χ0v) is 30.1. The molecule has 0 spiro atoms. The highest BCUT2D eigenvalue weighted by atomic mass is 16.3. The van der Waals surface area contributed by atoms with Crippen LogP contribution in [0.25, 0.3) is 55.0 Å². The average Bonchev–Trinajstić information content (AvgIpc) is 3.79. The molecule has 0 amide bonds. The third-order valence-electron chi connectivity index (χ3n) is 11.5. The lowest BCUT2D eigenvalue weighted by molar-refractivity contribution is 0.670. The van der Waals surface area contributed by atoms with Crippen LogP contribution in [0.15, 0.2) is 217 Å². The normalized spacial score (nSPS) is 12.9. The summed E-state index contributed by atoms with van der Waals surface area (Å²) >= 11 is 0. The van der Waals surface area contributed by atoms with Gasteiger partial charge in [-0.15, -0.1) is 0 Å². The first-order valence-electron chi connectivity index (χ1n) is 18.9. The summed E-state index contributed by atoms with van der Waals surface area (Å²) in [7, 11) is 0. The lowest BCUT2D eigenvalue weighted by Crippen LogP contribution is -2.29. The number of fused-ring (bicyclic) bond motifs is 7. The highest BCUT2D eigenvalue weighted by molar-refractivity contribution is 6.13. The Kier molecular flexibility index (Phi) is 7.11. The van der Waals surface area contributed by atoms with Gasteiger partial charge in [0.25, 0.3) is 0 Å². The topological polar surface area (TPSA) is 16.4 Å². The second-order valence-electron chi connectivity index (χ2n) is 14.4. The Bertz CT molecular complexity index is 2980. The summed E-state index contributed by atoms with van der Waals surface area (Å²) in [6.45, 7) is 0. The fourth-order valence-corrected chi connectivity index (χ4v) is 9.24. The maximum atomic E-state index is 6.95. The van der Waals surface area contributed by atoms with E-state index in [2.05, 4.69) is 217 Å². The number of furan rings is 1. The van der Waals surface area contributed by atoms with Gasteiger partial charge in [0, 0.05) is 27.7 Å². The second-order valence-corrected chi connectivity index (χ2v) is 14.4. The molecule has 0 N–H and O–H groups in total. The van der Waals surface area contributed by atoms with Crippen molar-refractivity contribution < 1.29 is 4.42 Å². The fourth-order valence-electron chi connectivity index (χ4n) is 9.24. The molecule has 0 bridgehead atoms. The minimum absolute atomic E-state index is 0.517. The monoisotopic (exact) mass is 701 g/mol. The molecule has 0 atom stereocenters. The number of anilines is 3. The zero-order chi connectivity index (χ0) is 36.3. The Morgan fingerprint density at radius 2 is 0.855 bits per heavy atom. The summed E-state index contributed by atoms with van der Waals surface area (Å²) in [5.41, 5.74) is 14.3. The summed E-state index contributed by atoms with van der Waals surface area (Å²) in [6.07, 6.45) is 0. The molecule has 2 heteroatoms. The summed E-state index contributed by atoms with van der Waals surface area (Å²) < 4.78 is 6.95. The predicted octanol–water partition coefficient (Wildman–Crippen LogP) is 14.2. The molecule has 0 saturated carbocycles. The molecule has 0 radical (unpaired) electrons. The number of para-hydroxylation sites is 3. The molecule has 11 rings (SSSR count). The SMILES string of the molecule is c1ccc(-c2cccc3c2oc2c(N(c4ccccc4)c4ccc(C5(c6cccc7ccccc67)c6ccccc6-c6ccccc65)cc4)cccc23)cc1. The Balaban J connectivity index is 1.14. The van der Waals surface area contributed by atoms with E-state index in [0.717, 1.165) is 50.1 Å². The van der Waals surface area contributed by atoms with E-state index in [-0.39, 0.29) is 0 Å². The summed E-state index contributed by atoms with van der Waals surface area (Å²) in [5.74, 6) is 0. The molecule has 1 aliphatic rings. The summed E-state index contributed by atoms with van der Waals surface area (Å²) in [5, 5.41) is 4.70. The van der Waals surface area contributed by atoms with Crippen molar-refractivity contribution in [2.45, 2.75) is 5.41 Å². The van der Waals surface area contributed by atoms with Gasteiger partial charge in [-0.25, -0.2) is 0 Å². The molecule has 1 aromatic heterocycles. The van der Waals surface area contributed by atoms with Crippen LogP contribution in [0.5, 0.6) is 0 Å². The molecular formula is C53H35NO. The molecule has 2 nitrogen and oxygen atoms in total. The molecule has 0 saturated heterocycles. The first kappa shape index (κ1) is 31.4. The maximum Gasteiger partial charge on any atom is 0.159 e. The maximum absolute atomic E-state index is 6.95. The van der Waals surface area contributed by atoms with Gasteiger partial charge in [-0.3, -0.25) is 0 Å². The minimum Gasteiger partial charge on any atom is -0.453 e. The van der Waals surface area contributed by atoms with Gasteiger partial charge >= 0.3 is 0 Å². The molecule has 1 aliphatic carbocycles. The van der Waals surface area contributed by atoms with E-state index in [1.807, 2.05) is 0 Å². The largest absolute Gasteiger partial charge is 0.453 e. The summed E-state index contributed by atoms with van der Waals surface area (Å²) in [4.78, 5) is 2.33. The third kappa shape index (κ3) is 4.68. The van der Waals surface area contributed by atoms with Crippen molar-refractivity contribution in [3.63, 3.8) is 0 Å². The van der Waals surface area contributed by atoms with Crippen molar-refractivity contribution in [3.05, 3.63) is 235 Å². The van der Waals surface area contributed by atoms with Crippen LogP contribution in [-0.2, 0) is 5.41 Å². The Labute approximate surface area is 320 Å². The number of hydrogen-bond acceptors (Lipinski definition) is 2. The van der Waals surface area contributed by atoms with Crippen LogP contribution in [0.2, 0.25) is 0 Å². The molecule has 9 aromatic carbocycles. The first-order chi connectivity index (χ1) is 27.3. The van der Waals surface area contributed by atoms with Gasteiger partial charge < -0.3 is 9.32 Å². The van der Waals surface area contributed by atoms with Crippen molar-refractivity contribution in [2.24, 2.45) is 0 Å². The molecule has 55 heavy (non-hydrogen) atoms. The number of nitrogens with zero attached hydrogens (tertiary/aromatic N) is 1. The van der Waals surface area contributed by atoms with E-state index in [9.17, 15) is 0 Å². The number of benzene rings is 9. The molecule has 258 valence electrons. The standard InChI is InChI=1S/C53H35NO/c1-3-16-37(17-4-1)42-25-14-26-45-46-27-15-31-50(52(46)55-51(42)45)54(39-20-5-2-6-21-39)40-34-32-38(33-35-40)53(47-30-13-19-36-18-7-8-22-41(36)47)48-28-11-9-23-43(48)44-24-10-12-29-49(44)53/h1-35H. The van der Waals surface area contributed by atoms with Crippen LogP contribution in [-0.4, -0.2) is 0 Å². The van der Waals surface area contributed by atoms with Crippen LogP contribution in [0, 0.1) is 0 Å². The second kappa shape index (κ2) is 12.5. The average molecular weight is 702 g/mol. The van der Waals surface area contributed by atoms with Crippen LogP contribution in [0.4, 0.5) is 17.1 Å². The van der Waals surface area contributed by atoms with Crippen molar-refractivity contribution in [2.75, 3.05) is 4.90 Å². The molecule has 0 fully saturated rings. The molecule has 0 aliphatic heterocycles. The fraction of sp³-hybridized carbons (Fsp3) is 0.0189. The van der Waals surface area contributed by atoms with E-state index < -0.39 is 5.41 Å². The van der Waals surface area contributed by atoms with E-state index in [4.69, 9.17) is 4.42 Å². The van der Waals surface area contributed by atoms with Gasteiger partial charge in [-0.2, -0.15) is 0 Å². The highest BCUT2D eigenvalue weighted by Crippen LogP contribution is 2.57. The first-order valence-corrected chi connectivity index (χ1v) is 18.9. The lowest BCUT2D eigenvalue weighted by Gasteiger charge is -2.35. The zero-order valence-electron chi connectivity index (χ0n) is 30.1. The van der Waals surface area contributed by atoms with Crippen LogP contribution in [0.1, 0.15) is 22.3 Å². The van der Waals surface area contributed by atoms with E-state index >= 15 is 0 Å².